The third kappa shape index (κ3) is 4.99. The molecule has 0 aromatic heterocycles. The summed E-state index contributed by atoms with van der Waals surface area (Å²) in [5, 5.41) is 6.64. The predicted octanol–water partition coefficient (Wildman–Crippen LogP) is 1.75. The molecule has 17 heavy (non-hydrogen) atoms. The van der Waals surface area contributed by atoms with Crippen LogP contribution in [0.1, 0.15) is 32.6 Å². The lowest BCUT2D eigenvalue weighted by atomic mass is 9.80. The van der Waals surface area contributed by atoms with Gasteiger partial charge in [-0.25, -0.2) is 0 Å². The van der Waals surface area contributed by atoms with Gasteiger partial charge in [0.2, 0.25) is 0 Å². The molecule has 1 aliphatic carbocycles. The van der Waals surface area contributed by atoms with Gasteiger partial charge < -0.3 is 15.4 Å². The molecular formula is C12H24IN3O. The zero-order valence-corrected chi connectivity index (χ0v) is 12.9. The highest BCUT2D eigenvalue weighted by Gasteiger charge is 2.28. The zero-order valence-electron chi connectivity index (χ0n) is 10.6. The molecule has 4 nitrogen and oxygen atoms in total. The van der Waals surface area contributed by atoms with Gasteiger partial charge in [-0.3, -0.25) is 4.99 Å². The van der Waals surface area contributed by atoms with Crippen LogP contribution in [0.25, 0.3) is 0 Å². The van der Waals surface area contributed by atoms with Crippen molar-refractivity contribution in [2.75, 3.05) is 26.2 Å². The monoisotopic (exact) mass is 353 g/mol. The van der Waals surface area contributed by atoms with Crippen molar-refractivity contribution in [3.05, 3.63) is 0 Å². The molecule has 0 radical (unpaired) electrons. The Morgan fingerprint density at radius 3 is 2.94 bits per heavy atom. The van der Waals surface area contributed by atoms with Crippen LogP contribution in [0.3, 0.4) is 0 Å². The molecule has 0 amide bonds. The molecular weight excluding hydrogens is 329 g/mol. The van der Waals surface area contributed by atoms with Gasteiger partial charge >= 0.3 is 0 Å². The molecule has 0 aromatic rings. The molecule has 0 saturated heterocycles. The number of halogens is 1. The van der Waals surface area contributed by atoms with E-state index in [2.05, 4.69) is 22.5 Å². The van der Waals surface area contributed by atoms with E-state index >= 15 is 0 Å². The van der Waals surface area contributed by atoms with Crippen LogP contribution in [-0.4, -0.2) is 38.3 Å². The number of nitrogens with zero attached hydrogens (tertiary/aromatic N) is 1. The first-order valence-corrected chi connectivity index (χ1v) is 6.52. The molecule has 1 aliphatic heterocycles. The first-order valence-electron chi connectivity index (χ1n) is 6.52. The minimum atomic E-state index is 0. The predicted molar refractivity (Wildman–Crippen MR) is 81.1 cm³/mol. The Bertz CT molecular complexity index is 242. The fourth-order valence-corrected chi connectivity index (χ4v) is 2.33. The van der Waals surface area contributed by atoms with Crippen LogP contribution in [0.2, 0.25) is 0 Å². The van der Waals surface area contributed by atoms with Crippen molar-refractivity contribution in [2.24, 2.45) is 10.9 Å². The first kappa shape index (κ1) is 15.0. The average Bonchev–Trinajstić information content (AvgIpc) is 2.27. The Hall–Kier alpha value is -0.0400. The standard InChI is InChI=1S/C12H23N3O.HI/c1-2-16-11-8-10(9-11)4-7-15-12-13-5-3-6-14-12;/h10-11H,2-9H2,1H3,(H2,13,14,15);1H. The SMILES string of the molecule is CCOC1CC(CCNC2=NCCCN2)C1.I. The van der Waals surface area contributed by atoms with Crippen molar-refractivity contribution < 1.29 is 4.74 Å². The molecule has 1 saturated carbocycles. The zero-order chi connectivity index (χ0) is 11.2. The number of ether oxygens (including phenoxy) is 1. The van der Waals surface area contributed by atoms with Gasteiger partial charge in [0.05, 0.1) is 6.10 Å². The Morgan fingerprint density at radius 2 is 2.29 bits per heavy atom. The lowest BCUT2D eigenvalue weighted by Gasteiger charge is -2.35. The molecule has 0 aromatic carbocycles. The van der Waals surface area contributed by atoms with Gasteiger partial charge in [0.15, 0.2) is 5.96 Å². The quantitative estimate of drug-likeness (QED) is 0.741. The van der Waals surface area contributed by atoms with Crippen LogP contribution < -0.4 is 10.6 Å². The van der Waals surface area contributed by atoms with Gasteiger partial charge in [0.25, 0.3) is 0 Å². The number of nitrogens with one attached hydrogen (secondary N) is 2. The van der Waals surface area contributed by atoms with E-state index in [0.29, 0.717) is 6.10 Å². The van der Waals surface area contributed by atoms with E-state index in [0.717, 1.165) is 44.5 Å². The molecule has 2 rings (SSSR count). The van der Waals surface area contributed by atoms with Crippen LogP contribution >= 0.6 is 24.0 Å². The Kier molecular flexibility index (Phi) is 7.18. The summed E-state index contributed by atoms with van der Waals surface area (Å²) in [6, 6.07) is 0. The highest BCUT2D eigenvalue weighted by molar-refractivity contribution is 14.0. The summed E-state index contributed by atoms with van der Waals surface area (Å²) in [6.45, 7) is 5.99. The second-order valence-electron chi connectivity index (χ2n) is 4.64. The molecule has 1 heterocycles. The smallest absolute Gasteiger partial charge is 0.191 e. The summed E-state index contributed by atoms with van der Waals surface area (Å²) in [5.41, 5.74) is 0. The molecule has 2 N–H and O–H groups in total. The summed E-state index contributed by atoms with van der Waals surface area (Å²) in [7, 11) is 0. The van der Waals surface area contributed by atoms with E-state index in [-0.39, 0.29) is 24.0 Å². The first-order chi connectivity index (χ1) is 7.88. The average molecular weight is 353 g/mol. The summed E-state index contributed by atoms with van der Waals surface area (Å²) >= 11 is 0. The minimum absolute atomic E-state index is 0. The highest BCUT2D eigenvalue weighted by atomic mass is 127. The number of guanidine groups is 1. The van der Waals surface area contributed by atoms with Crippen molar-refractivity contribution in [3.63, 3.8) is 0 Å². The van der Waals surface area contributed by atoms with Gasteiger partial charge in [-0.15, -0.1) is 24.0 Å². The van der Waals surface area contributed by atoms with Crippen molar-refractivity contribution >= 4 is 29.9 Å². The largest absolute Gasteiger partial charge is 0.378 e. The van der Waals surface area contributed by atoms with Crippen molar-refractivity contribution in [3.8, 4) is 0 Å². The van der Waals surface area contributed by atoms with Gasteiger partial charge in [-0.1, -0.05) is 0 Å². The van der Waals surface area contributed by atoms with Crippen LogP contribution in [0, 0.1) is 5.92 Å². The van der Waals surface area contributed by atoms with Crippen LogP contribution in [0.4, 0.5) is 0 Å². The third-order valence-electron chi connectivity index (χ3n) is 3.34. The number of hydrogen-bond donors (Lipinski definition) is 2. The van der Waals surface area contributed by atoms with E-state index in [9.17, 15) is 0 Å². The molecule has 0 unspecified atom stereocenters. The summed E-state index contributed by atoms with van der Waals surface area (Å²) in [4.78, 5) is 4.38. The normalized spacial score (nSPS) is 27.2. The molecule has 5 heteroatoms. The molecule has 2 aliphatic rings. The second kappa shape index (κ2) is 8.13. The number of rotatable bonds is 5. The Balaban J connectivity index is 0.00000144. The van der Waals surface area contributed by atoms with Crippen molar-refractivity contribution in [2.45, 2.75) is 38.7 Å². The summed E-state index contributed by atoms with van der Waals surface area (Å²) in [5.74, 6) is 1.85. The molecule has 100 valence electrons. The van der Waals surface area contributed by atoms with Gasteiger partial charge in [0, 0.05) is 26.2 Å². The van der Waals surface area contributed by atoms with E-state index in [1.807, 2.05) is 0 Å². The van der Waals surface area contributed by atoms with E-state index in [4.69, 9.17) is 4.74 Å². The highest BCUT2D eigenvalue weighted by Crippen LogP contribution is 2.32. The minimum Gasteiger partial charge on any atom is -0.378 e. The van der Waals surface area contributed by atoms with E-state index in [1.165, 1.54) is 19.3 Å². The topological polar surface area (TPSA) is 45.6 Å². The van der Waals surface area contributed by atoms with Crippen LogP contribution in [0.5, 0.6) is 0 Å². The molecule has 0 bridgehead atoms. The Labute approximate surface area is 121 Å². The van der Waals surface area contributed by atoms with E-state index < -0.39 is 0 Å². The van der Waals surface area contributed by atoms with Gasteiger partial charge in [0.1, 0.15) is 0 Å². The van der Waals surface area contributed by atoms with Crippen LogP contribution in [0.15, 0.2) is 4.99 Å². The second-order valence-corrected chi connectivity index (χ2v) is 4.64. The maximum atomic E-state index is 5.55. The van der Waals surface area contributed by atoms with E-state index in [1.54, 1.807) is 0 Å². The molecule has 0 spiro atoms. The van der Waals surface area contributed by atoms with Gasteiger partial charge in [-0.2, -0.15) is 0 Å². The van der Waals surface area contributed by atoms with Crippen LogP contribution in [-0.2, 0) is 4.74 Å². The molecule has 0 atom stereocenters. The maximum absolute atomic E-state index is 5.55. The van der Waals surface area contributed by atoms with Crippen molar-refractivity contribution in [1.29, 1.82) is 0 Å². The molecule has 1 fully saturated rings. The summed E-state index contributed by atoms with van der Waals surface area (Å²) < 4.78 is 5.55. The van der Waals surface area contributed by atoms with Gasteiger partial charge in [-0.05, 0) is 38.5 Å². The fraction of sp³-hybridized carbons (Fsp3) is 0.917. The third-order valence-corrected chi connectivity index (χ3v) is 3.34. The Morgan fingerprint density at radius 1 is 1.47 bits per heavy atom. The fourth-order valence-electron chi connectivity index (χ4n) is 2.33. The number of hydrogen-bond acceptors (Lipinski definition) is 4. The lowest BCUT2D eigenvalue weighted by molar-refractivity contribution is -0.0260. The summed E-state index contributed by atoms with van der Waals surface area (Å²) in [6.07, 6.45) is 5.43. The van der Waals surface area contributed by atoms with Crippen molar-refractivity contribution in [1.82, 2.24) is 10.6 Å². The lowest BCUT2D eigenvalue weighted by Crippen LogP contribution is -2.42. The maximum Gasteiger partial charge on any atom is 0.191 e. The number of aliphatic imine (C=N–C) groups is 1.